The molecular weight excluding hydrogens is 488 g/mol. The van der Waals surface area contributed by atoms with Crippen molar-refractivity contribution in [1.29, 1.82) is 0 Å². The van der Waals surface area contributed by atoms with E-state index in [0.29, 0.717) is 35.5 Å². The molecule has 4 aromatic rings. The second-order valence-corrected chi connectivity index (χ2v) is 9.85. The van der Waals surface area contributed by atoms with Crippen LogP contribution < -0.4 is 25.8 Å². The van der Waals surface area contributed by atoms with Gasteiger partial charge in [-0.25, -0.2) is 23.5 Å². The normalized spacial score (nSPS) is 12.9. The predicted octanol–water partition coefficient (Wildman–Crippen LogP) is 2.14. The highest BCUT2D eigenvalue weighted by Crippen LogP contribution is 2.22. The Morgan fingerprint density at radius 3 is 2.62 bits per heavy atom. The standard InChI is InChI=1S/C27H24N6O3S/c1-36-21-11-9-18(10-12-21)23-7-2-3-8-24-25(23)27(31-16-20-6-4-5-13-30-20)33-26(32-24)19-14-22(17-29-15-19)37(28,34)35/h2-6,8-15,17H,7,16H2,1H3,(H2,28,34,35)(H,31,32,33). The number of methoxy groups -OCH3 is 1. The number of pyridine rings is 2. The number of hydrogen-bond donors (Lipinski definition) is 2. The maximum atomic E-state index is 11.9. The maximum absolute atomic E-state index is 11.9. The molecule has 10 heteroatoms. The molecule has 186 valence electrons. The lowest BCUT2D eigenvalue weighted by Crippen LogP contribution is -2.35. The summed E-state index contributed by atoms with van der Waals surface area (Å²) in [6.07, 6.45) is 11.0. The van der Waals surface area contributed by atoms with Crippen molar-refractivity contribution < 1.29 is 13.2 Å². The van der Waals surface area contributed by atoms with Crippen molar-refractivity contribution in [2.75, 3.05) is 12.4 Å². The minimum absolute atomic E-state index is 0.110. The molecule has 0 saturated heterocycles. The van der Waals surface area contributed by atoms with Gasteiger partial charge in [0.2, 0.25) is 10.0 Å². The zero-order valence-electron chi connectivity index (χ0n) is 20.0. The number of anilines is 1. The summed E-state index contributed by atoms with van der Waals surface area (Å²) in [4.78, 5) is 18.0. The molecule has 3 heterocycles. The summed E-state index contributed by atoms with van der Waals surface area (Å²) in [6, 6.07) is 15.0. The fraction of sp³-hybridized carbons (Fsp3) is 0.111. The summed E-state index contributed by atoms with van der Waals surface area (Å²) >= 11 is 0. The van der Waals surface area contributed by atoms with Crippen LogP contribution in [0.25, 0.3) is 23.0 Å². The molecule has 37 heavy (non-hydrogen) atoms. The van der Waals surface area contributed by atoms with E-state index in [9.17, 15) is 8.42 Å². The average molecular weight is 513 g/mol. The van der Waals surface area contributed by atoms with Gasteiger partial charge >= 0.3 is 0 Å². The molecule has 1 aromatic carbocycles. The Labute approximate surface area is 214 Å². The van der Waals surface area contributed by atoms with Gasteiger partial charge in [-0.1, -0.05) is 30.4 Å². The number of aromatic nitrogens is 4. The first-order valence-electron chi connectivity index (χ1n) is 11.5. The molecule has 3 aromatic heterocycles. The van der Waals surface area contributed by atoms with Gasteiger partial charge in [-0.2, -0.15) is 0 Å². The Morgan fingerprint density at radius 2 is 1.89 bits per heavy atom. The van der Waals surface area contributed by atoms with Crippen LogP contribution in [0.1, 0.15) is 17.7 Å². The minimum Gasteiger partial charge on any atom is -0.497 e. The second-order valence-electron chi connectivity index (χ2n) is 8.29. The molecule has 0 amide bonds. The summed E-state index contributed by atoms with van der Waals surface area (Å²) < 4.78 is 29.2. The van der Waals surface area contributed by atoms with Crippen molar-refractivity contribution in [3.63, 3.8) is 0 Å². The van der Waals surface area contributed by atoms with Gasteiger partial charge in [-0.3, -0.25) is 9.97 Å². The highest BCUT2D eigenvalue weighted by atomic mass is 32.2. The monoisotopic (exact) mass is 512 g/mol. The van der Waals surface area contributed by atoms with Gasteiger partial charge in [-0.15, -0.1) is 0 Å². The van der Waals surface area contributed by atoms with Crippen LogP contribution in [-0.4, -0.2) is 35.5 Å². The molecular formula is C27H24N6O3S. The molecule has 0 aliphatic heterocycles. The Hall–Kier alpha value is -4.41. The summed E-state index contributed by atoms with van der Waals surface area (Å²) in [5.41, 5.74) is 3.32. The first-order chi connectivity index (χ1) is 17.9. The lowest BCUT2D eigenvalue weighted by atomic mass is 10.0. The number of nitrogens with zero attached hydrogens (tertiary/aromatic N) is 4. The maximum Gasteiger partial charge on any atom is 0.239 e. The van der Waals surface area contributed by atoms with E-state index in [1.165, 1.54) is 18.5 Å². The van der Waals surface area contributed by atoms with Gasteiger partial charge in [-0.05, 0) is 54.0 Å². The van der Waals surface area contributed by atoms with Crippen LogP contribution in [0.5, 0.6) is 5.75 Å². The fourth-order valence-electron chi connectivity index (χ4n) is 4.03. The van der Waals surface area contributed by atoms with Gasteiger partial charge in [0.1, 0.15) is 16.5 Å². The number of nitrogens with one attached hydrogen (secondary N) is 1. The van der Waals surface area contributed by atoms with Crippen molar-refractivity contribution in [2.45, 2.75) is 17.9 Å². The largest absolute Gasteiger partial charge is 0.497 e. The van der Waals surface area contributed by atoms with Crippen LogP contribution in [-0.2, 0) is 16.6 Å². The Balaban J connectivity index is 1.73. The number of ether oxygens (including phenoxy) is 1. The minimum atomic E-state index is -3.94. The van der Waals surface area contributed by atoms with Gasteiger partial charge < -0.3 is 10.1 Å². The molecule has 0 bridgehead atoms. The molecule has 5 rings (SSSR count). The molecule has 9 nitrogen and oxygen atoms in total. The number of nitrogens with two attached hydrogens (primary N) is 1. The molecule has 0 fully saturated rings. The first kappa shape index (κ1) is 24.3. The van der Waals surface area contributed by atoms with Crippen molar-refractivity contribution >= 4 is 27.5 Å². The van der Waals surface area contributed by atoms with E-state index in [1.54, 1.807) is 13.3 Å². The zero-order chi connectivity index (χ0) is 25.8. The molecule has 1 aliphatic carbocycles. The van der Waals surface area contributed by atoms with Crippen molar-refractivity contribution in [1.82, 2.24) is 19.9 Å². The van der Waals surface area contributed by atoms with Crippen LogP contribution in [0.2, 0.25) is 0 Å². The Bertz CT molecular complexity index is 1700. The highest BCUT2D eigenvalue weighted by Gasteiger charge is 2.16. The van der Waals surface area contributed by atoms with E-state index < -0.39 is 10.0 Å². The molecule has 0 atom stereocenters. The number of benzene rings is 1. The fourth-order valence-corrected chi connectivity index (χ4v) is 4.53. The second kappa shape index (κ2) is 10.3. The third-order valence-corrected chi connectivity index (χ3v) is 6.73. The van der Waals surface area contributed by atoms with E-state index in [-0.39, 0.29) is 4.90 Å². The van der Waals surface area contributed by atoms with Crippen molar-refractivity contribution in [2.24, 2.45) is 5.14 Å². The summed E-state index contributed by atoms with van der Waals surface area (Å²) in [5, 5.41) is 10.3. The molecule has 0 radical (unpaired) electrons. The smallest absolute Gasteiger partial charge is 0.239 e. The lowest BCUT2D eigenvalue weighted by Gasteiger charge is -2.13. The van der Waals surface area contributed by atoms with Gasteiger partial charge in [0.15, 0.2) is 5.82 Å². The predicted molar refractivity (Wildman–Crippen MR) is 141 cm³/mol. The number of fused-ring (bicyclic) bond motifs is 1. The number of allylic oxidation sites excluding steroid dienone is 2. The van der Waals surface area contributed by atoms with E-state index in [2.05, 4.69) is 21.4 Å². The van der Waals surface area contributed by atoms with E-state index in [4.69, 9.17) is 19.8 Å². The number of rotatable bonds is 7. The highest BCUT2D eigenvalue weighted by molar-refractivity contribution is 7.89. The van der Waals surface area contributed by atoms with Crippen LogP contribution in [0.4, 0.5) is 5.82 Å². The topological polar surface area (TPSA) is 133 Å². The van der Waals surface area contributed by atoms with E-state index in [1.807, 2.05) is 54.6 Å². The molecule has 3 N–H and O–H groups in total. The lowest BCUT2D eigenvalue weighted by molar-refractivity contribution is 0.415. The van der Waals surface area contributed by atoms with Gasteiger partial charge in [0.25, 0.3) is 0 Å². The van der Waals surface area contributed by atoms with Gasteiger partial charge in [0, 0.05) is 29.4 Å². The first-order valence-corrected chi connectivity index (χ1v) is 13.0. The van der Waals surface area contributed by atoms with E-state index >= 15 is 0 Å². The van der Waals surface area contributed by atoms with Crippen molar-refractivity contribution in [3.8, 4) is 17.1 Å². The SMILES string of the molecule is COc1ccc(C2=c3c(NCc4ccccn4)nc(-c4cncc(S(N)(=O)=O)c4)nc3=CC=CC2)cc1. The molecule has 1 aliphatic rings. The van der Waals surface area contributed by atoms with Crippen LogP contribution >= 0.6 is 0 Å². The third kappa shape index (κ3) is 5.40. The third-order valence-electron chi connectivity index (χ3n) is 5.85. The number of sulfonamides is 1. The summed E-state index contributed by atoms with van der Waals surface area (Å²) in [7, 11) is -2.30. The van der Waals surface area contributed by atoms with Gasteiger partial charge in [0.05, 0.1) is 24.7 Å². The zero-order valence-corrected chi connectivity index (χ0v) is 20.8. The van der Waals surface area contributed by atoms with Crippen molar-refractivity contribution in [3.05, 3.63) is 101 Å². The Morgan fingerprint density at radius 1 is 1.05 bits per heavy atom. The quantitative estimate of drug-likeness (QED) is 0.385. The molecule has 0 unspecified atom stereocenters. The van der Waals surface area contributed by atoms with E-state index in [0.717, 1.165) is 27.8 Å². The van der Waals surface area contributed by atoms with Crippen LogP contribution in [0.15, 0.2) is 84.2 Å². The van der Waals surface area contributed by atoms with Crippen LogP contribution in [0.3, 0.4) is 0 Å². The molecule has 0 spiro atoms. The summed E-state index contributed by atoms with van der Waals surface area (Å²) in [5.74, 6) is 1.68. The number of hydrogen-bond acceptors (Lipinski definition) is 8. The summed E-state index contributed by atoms with van der Waals surface area (Å²) in [6.45, 7) is 0.433. The average Bonchev–Trinajstić information content (AvgIpc) is 3.14. The van der Waals surface area contributed by atoms with Crippen LogP contribution in [0, 0.1) is 0 Å². The Kier molecular flexibility index (Phi) is 6.76. The number of primary sulfonamides is 1. The molecule has 0 saturated carbocycles.